The summed E-state index contributed by atoms with van der Waals surface area (Å²) < 4.78 is 10.4. The number of aromatic hydroxyl groups is 2. The largest absolute Gasteiger partial charge is 0.508 e. The molecule has 0 fully saturated rings. The number of benzene rings is 4. The maximum Gasteiger partial charge on any atom is 0.344 e. The third kappa shape index (κ3) is 6.95. The smallest absolute Gasteiger partial charge is 0.344 e. The molecule has 0 aliphatic rings. The van der Waals surface area contributed by atoms with Gasteiger partial charge in [0.1, 0.15) is 35.9 Å². The fourth-order valence-electron chi connectivity index (χ4n) is 4.47. The molecule has 0 heterocycles. The van der Waals surface area contributed by atoms with Crippen LogP contribution in [0.25, 0.3) is 0 Å². The molecule has 0 aromatic heterocycles. The molecule has 4 aromatic rings. The highest BCUT2D eigenvalue weighted by molar-refractivity contribution is 6.03. The van der Waals surface area contributed by atoms with E-state index in [0.717, 1.165) is 18.2 Å². The number of carbonyl (C=O) groups is 3. The SMILES string of the molecule is COC(=O)C(C)(c1ccc(OOCc2cc(O)ccc2COO)cc1)c1ccc(OC(=O)c2cc(O)ccc2C(=O)O)cc1. The van der Waals surface area contributed by atoms with E-state index in [1.54, 1.807) is 49.4 Å². The highest BCUT2D eigenvalue weighted by atomic mass is 17.2. The van der Waals surface area contributed by atoms with Gasteiger partial charge in [-0.25, -0.2) is 14.5 Å². The second-order valence-electron chi connectivity index (χ2n) is 9.66. The van der Waals surface area contributed by atoms with Crippen molar-refractivity contribution in [3.05, 3.63) is 118 Å². The van der Waals surface area contributed by atoms with Gasteiger partial charge in [-0.3, -0.25) is 10.1 Å². The van der Waals surface area contributed by atoms with Crippen LogP contribution >= 0.6 is 0 Å². The molecule has 4 N–H and O–H groups in total. The first-order valence-corrected chi connectivity index (χ1v) is 13.0. The first-order chi connectivity index (χ1) is 21.1. The van der Waals surface area contributed by atoms with Crippen LogP contribution in [0, 0.1) is 0 Å². The van der Waals surface area contributed by atoms with E-state index in [-0.39, 0.29) is 41.6 Å². The number of hydrogen-bond acceptors (Lipinski definition) is 11. The molecule has 12 heteroatoms. The Balaban J connectivity index is 1.49. The van der Waals surface area contributed by atoms with Crippen LogP contribution in [0.1, 0.15) is 49.9 Å². The number of methoxy groups -OCH3 is 1. The predicted molar refractivity (Wildman–Crippen MR) is 152 cm³/mol. The number of phenols is 2. The second-order valence-corrected chi connectivity index (χ2v) is 9.66. The summed E-state index contributed by atoms with van der Waals surface area (Å²) in [6, 6.07) is 20.2. The second kappa shape index (κ2) is 13.7. The van der Waals surface area contributed by atoms with E-state index in [1.165, 1.54) is 31.4 Å². The Morgan fingerprint density at radius 3 is 1.91 bits per heavy atom. The van der Waals surface area contributed by atoms with Crippen LogP contribution in [0.4, 0.5) is 0 Å². The topological polar surface area (TPSA) is 178 Å². The molecule has 0 aliphatic heterocycles. The van der Waals surface area contributed by atoms with Crippen molar-refractivity contribution in [2.24, 2.45) is 0 Å². The van der Waals surface area contributed by atoms with E-state index < -0.39 is 23.3 Å². The average Bonchev–Trinajstić information content (AvgIpc) is 3.02. The van der Waals surface area contributed by atoms with E-state index in [2.05, 4.69) is 4.89 Å². The van der Waals surface area contributed by atoms with Gasteiger partial charge in [0.2, 0.25) is 0 Å². The monoisotopic (exact) mass is 604 g/mol. The first kappa shape index (κ1) is 31.5. The molecular weight excluding hydrogens is 576 g/mol. The maximum absolute atomic E-state index is 13.1. The number of phenolic OH excluding ortho intramolecular Hbond substituents is 2. The van der Waals surface area contributed by atoms with Gasteiger partial charge < -0.3 is 29.7 Å². The van der Waals surface area contributed by atoms with Gasteiger partial charge in [-0.2, -0.15) is 4.89 Å². The van der Waals surface area contributed by atoms with Crippen molar-refractivity contribution >= 4 is 17.9 Å². The summed E-state index contributed by atoms with van der Waals surface area (Å²) in [4.78, 5) is 52.0. The Hall–Kier alpha value is -5.43. The lowest BCUT2D eigenvalue weighted by molar-refractivity contribution is -0.253. The highest BCUT2D eigenvalue weighted by Gasteiger charge is 2.38. The Morgan fingerprint density at radius 1 is 0.727 bits per heavy atom. The van der Waals surface area contributed by atoms with Crippen LogP contribution in [0.2, 0.25) is 0 Å². The normalized spacial score (nSPS) is 12.2. The van der Waals surface area contributed by atoms with Gasteiger partial charge in [0.25, 0.3) is 0 Å². The summed E-state index contributed by atoms with van der Waals surface area (Å²) >= 11 is 0. The molecule has 0 bridgehead atoms. The number of carbonyl (C=O) groups excluding carboxylic acids is 2. The number of hydrogen-bond donors (Lipinski definition) is 4. The minimum Gasteiger partial charge on any atom is -0.508 e. The summed E-state index contributed by atoms with van der Waals surface area (Å²) in [5.74, 6) is -2.81. The molecule has 1 unspecified atom stereocenters. The van der Waals surface area contributed by atoms with Crippen LogP contribution in [0.5, 0.6) is 23.0 Å². The number of carboxylic acids is 1. The molecule has 228 valence electrons. The van der Waals surface area contributed by atoms with Gasteiger partial charge in [0.05, 0.1) is 18.2 Å². The van der Waals surface area contributed by atoms with Crippen LogP contribution in [0.3, 0.4) is 0 Å². The molecule has 4 aromatic carbocycles. The molecule has 0 saturated heterocycles. The molecule has 4 rings (SSSR count). The zero-order chi connectivity index (χ0) is 31.9. The zero-order valence-electron chi connectivity index (χ0n) is 23.6. The molecule has 1 atom stereocenters. The van der Waals surface area contributed by atoms with Crippen molar-refractivity contribution in [1.29, 1.82) is 0 Å². The Bertz CT molecular complexity index is 1650. The lowest BCUT2D eigenvalue weighted by Crippen LogP contribution is -2.35. The summed E-state index contributed by atoms with van der Waals surface area (Å²) in [5, 5.41) is 37.6. The van der Waals surface area contributed by atoms with Crippen molar-refractivity contribution in [3.8, 4) is 23.0 Å². The van der Waals surface area contributed by atoms with Gasteiger partial charge in [-0.1, -0.05) is 30.3 Å². The van der Waals surface area contributed by atoms with E-state index in [1.807, 2.05) is 0 Å². The van der Waals surface area contributed by atoms with Gasteiger partial charge in [0, 0.05) is 0 Å². The molecule has 0 spiro atoms. The van der Waals surface area contributed by atoms with E-state index in [4.69, 9.17) is 24.5 Å². The molecule has 0 amide bonds. The number of aromatic carboxylic acids is 1. The number of ether oxygens (including phenoxy) is 2. The third-order valence-corrected chi connectivity index (χ3v) is 6.90. The summed E-state index contributed by atoms with van der Waals surface area (Å²) in [6.45, 7) is 1.49. The minimum atomic E-state index is -1.36. The summed E-state index contributed by atoms with van der Waals surface area (Å²) in [7, 11) is 1.26. The first-order valence-electron chi connectivity index (χ1n) is 13.0. The molecule has 12 nitrogen and oxygen atoms in total. The van der Waals surface area contributed by atoms with Crippen molar-refractivity contribution in [3.63, 3.8) is 0 Å². The zero-order valence-corrected chi connectivity index (χ0v) is 23.6. The van der Waals surface area contributed by atoms with E-state index in [9.17, 15) is 29.7 Å². The van der Waals surface area contributed by atoms with Crippen molar-refractivity contribution in [1.82, 2.24) is 0 Å². The molecule has 0 saturated carbocycles. The fourth-order valence-corrected chi connectivity index (χ4v) is 4.47. The number of rotatable bonds is 12. The van der Waals surface area contributed by atoms with Crippen LogP contribution in [0.15, 0.2) is 84.9 Å². The molecular formula is C32H28O12. The highest BCUT2D eigenvalue weighted by Crippen LogP contribution is 2.35. The fraction of sp³-hybridized carbons (Fsp3) is 0.156. The Kier molecular flexibility index (Phi) is 9.81. The quantitative estimate of drug-likeness (QED) is 0.0738. The Labute approximate surface area is 251 Å². The summed E-state index contributed by atoms with van der Waals surface area (Å²) in [5.41, 5.74) is 0.215. The Morgan fingerprint density at radius 2 is 1.32 bits per heavy atom. The lowest BCUT2D eigenvalue weighted by atomic mass is 9.76. The van der Waals surface area contributed by atoms with Gasteiger partial charge in [-0.15, -0.1) is 0 Å². The van der Waals surface area contributed by atoms with Gasteiger partial charge in [-0.05, 0) is 83.8 Å². The van der Waals surface area contributed by atoms with Gasteiger partial charge in [0.15, 0.2) is 5.75 Å². The van der Waals surface area contributed by atoms with Crippen molar-refractivity contribution in [2.45, 2.75) is 25.6 Å². The molecule has 44 heavy (non-hydrogen) atoms. The van der Waals surface area contributed by atoms with Crippen LogP contribution in [-0.4, -0.2) is 45.6 Å². The van der Waals surface area contributed by atoms with E-state index in [0.29, 0.717) is 28.0 Å². The predicted octanol–water partition coefficient (Wildman–Crippen LogP) is 4.99. The average molecular weight is 605 g/mol. The van der Waals surface area contributed by atoms with Crippen molar-refractivity contribution < 1.29 is 59.1 Å². The van der Waals surface area contributed by atoms with Crippen LogP contribution in [-0.2, 0) is 37.9 Å². The number of esters is 2. The molecule has 0 radical (unpaired) electrons. The lowest BCUT2D eigenvalue weighted by Gasteiger charge is -2.28. The van der Waals surface area contributed by atoms with Gasteiger partial charge >= 0.3 is 17.9 Å². The summed E-state index contributed by atoms with van der Waals surface area (Å²) in [6.07, 6.45) is 0. The molecule has 0 aliphatic carbocycles. The van der Waals surface area contributed by atoms with E-state index >= 15 is 0 Å². The van der Waals surface area contributed by atoms with Crippen LogP contribution < -0.4 is 9.62 Å². The minimum absolute atomic E-state index is 0.00624. The maximum atomic E-state index is 13.1. The standard InChI is InChI=1S/C32H28O12/c1-32(31(38)40-2,21-4-10-25(11-5-21)43-30(37)28-16-24(34)9-14-27(28)29(35)36)22-6-12-26(13-7-22)44-42-18-20-15-23(33)8-3-19(20)17-41-39/h3-16,33-34,39H,17-18H2,1-2H3,(H,35,36). The number of carboxylic acid groups (broad SMARTS) is 1. The van der Waals surface area contributed by atoms with Crippen molar-refractivity contribution in [2.75, 3.05) is 7.11 Å². The third-order valence-electron chi connectivity index (χ3n) is 6.90.